The zero-order valence-corrected chi connectivity index (χ0v) is 17.9. The summed E-state index contributed by atoms with van der Waals surface area (Å²) < 4.78 is 2.36. The minimum absolute atomic E-state index is 0.0676. The molecule has 5 nitrogen and oxygen atoms in total. The van der Waals surface area contributed by atoms with Crippen LogP contribution < -0.4 is 5.56 Å². The lowest BCUT2D eigenvalue weighted by atomic mass is 9.73. The molecule has 148 valence electrons. The van der Waals surface area contributed by atoms with Crippen LogP contribution in [0.2, 0.25) is 0 Å². The molecular formula is C23H23BrN4O. The standard InChI is InChI=1S/C23H23BrN4O/c1-27-21(19(24)22(29)26-27)20(17-8-4-2-5-9-17)28-14-12-23(16-25,13-15-28)18-10-6-3-7-11-18/h2-11,20H,12-15H2,1H3,(H,26,29). The average Bonchev–Trinajstić information content (AvgIpc) is 3.02. The molecule has 3 aromatic rings. The van der Waals surface area contributed by atoms with Gasteiger partial charge in [-0.25, -0.2) is 0 Å². The first-order chi connectivity index (χ1) is 14.1. The number of nitrogens with one attached hydrogen (secondary N) is 1. The summed E-state index contributed by atoms with van der Waals surface area (Å²) in [6, 6.07) is 22.9. The molecule has 2 heterocycles. The van der Waals surface area contributed by atoms with E-state index < -0.39 is 5.41 Å². The number of nitriles is 1. The summed E-state index contributed by atoms with van der Waals surface area (Å²) in [5.74, 6) is 0. The SMILES string of the molecule is Cn1[nH]c(=O)c(Br)c1C(c1ccccc1)N1CCC(C#N)(c2ccccc2)CC1. The average molecular weight is 451 g/mol. The highest BCUT2D eigenvalue weighted by atomic mass is 79.9. The van der Waals surface area contributed by atoms with Gasteiger partial charge < -0.3 is 0 Å². The highest BCUT2D eigenvalue weighted by Crippen LogP contribution is 2.40. The molecule has 2 aromatic carbocycles. The van der Waals surface area contributed by atoms with Crippen molar-refractivity contribution in [3.63, 3.8) is 0 Å². The highest BCUT2D eigenvalue weighted by Gasteiger charge is 2.39. The summed E-state index contributed by atoms with van der Waals surface area (Å²) >= 11 is 3.49. The van der Waals surface area contributed by atoms with Gasteiger partial charge in [-0.3, -0.25) is 19.5 Å². The Kier molecular flexibility index (Phi) is 5.44. The number of aromatic amines is 1. The fraction of sp³-hybridized carbons (Fsp3) is 0.304. The molecule has 0 saturated carbocycles. The number of benzene rings is 2. The van der Waals surface area contributed by atoms with E-state index >= 15 is 0 Å². The third-order valence-electron chi connectivity index (χ3n) is 5.99. The Bertz CT molecular complexity index is 1070. The van der Waals surface area contributed by atoms with E-state index in [1.54, 1.807) is 4.68 Å². The van der Waals surface area contributed by atoms with Crippen molar-refractivity contribution < 1.29 is 0 Å². The second-order valence-electron chi connectivity index (χ2n) is 7.61. The minimum Gasteiger partial charge on any atom is -0.291 e. The molecule has 1 unspecified atom stereocenters. The van der Waals surface area contributed by atoms with Crippen LogP contribution >= 0.6 is 15.9 Å². The molecule has 1 fully saturated rings. The molecule has 0 bridgehead atoms. The number of piperidine rings is 1. The largest absolute Gasteiger partial charge is 0.291 e. The molecule has 0 aliphatic carbocycles. The van der Waals surface area contributed by atoms with Crippen molar-refractivity contribution in [2.45, 2.75) is 24.3 Å². The Morgan fingerprint density at radius 1 is 1.07 bits per heavy atom. The van der Waals surface area contributed by atoms with Crippen molar-refractivity contribution in [1.82, 2.24) is 14.7 Å². The van der Waals surface area contributed by atoms with E-state index in [-0.39, 0.29) is 11.6 Å². The zero-order chi connectivity index (χ0) is 20.4. The molecule has 1 N–H and O–H groups in total. The van der Waals surface area contributed by atoms with E-state index in [9.17, 15) is 10.1 Å². The smallest absolute Gasteiger partial charge is 0.278 e. The maximum atomic E-state index is 12.2. The molecular weight excluding hydrogens is 428 g/mol. The fourth-order valence-corrected chi connectivity index (χ4v) is 4.96. The van der Waals surface area contributed by atoms with Crippen LogP contribution in [-0.2, 0) is 12.5 Å². The van der Waals surface area contributed by atoms with Crippen molar-refractivity contribution >= 4 is 15.9 Å². The van der Waals surface area contributed by atoms with Crippen molar-refractivity contribution in [3.8, 4) is 6.07 Å². The second kappa shape index (κ2) is 8.02. The van der Waals surface area contributed by atoms with E-state index in [2.05, 4.69) is 56.3 Å². The number of aryl methyl sites for hydroxylation is 1. The Morgan fingerprint density at radius 2 is 1.66 bits per heavy atom. The van der Waals surface area contributed by atoms with Gasteiger partial charge in [0.05, 0.1) is 23.2 Å². The van der Waals surface area contributed by atoms with Crippen LogP contribution in [0, 0.1) is 11.3 Å². The van der Waals surface area contributed by atoms with Crippen LogP contribution in [0.25, 0.3) is 0 Å². The molecule has 0 amide bonds. The molecule has 1 aromatic heterocycles. The van der Waals surface area contributed by atoms with Gasteiger partial charge in [-0.15, -0.1) is 0 Å². The van der Waals surface area contributed by atoms with Crippen LogP contribution in [0.3, 0.4) is 0 Å². The van der Waals surface area contributed by atoms with E-state index in [0.29, 0.717) is 4.47 Å². The van der Waals surface area contributed by atoms with Gasteiger partial charge in [0.25, 0.3) is 5.56 Å². The maximum absolute atomic E-state index is 12.2. The summed E-state index contributed by atoms with van der Waals surface area (Å²) in [6.45, 7) is 1.54. The van der Waals surface area contributed by atoms with Gasteiger partial charge in [0, 0.05) is 20.1 Å². The molecule has 1 aliphatic heterocycles. The van der Waals surface area contributed by atoms with Gasteiger partial charge >= 0.3 is 0 Å². The van der Waals surface area contributed by atoms with Gasteiger partial charge in [0.1, 0.15) is 4.47 Å². The molecule has 1 atom stereocenters. The lowest BCUT2D eigenvalue weighted by Crippen LogP contribution is -2.44. The third kappa shape index (κ3) is 3.57. The van der Waals surface area contributed by atoms with Gasteiger partial charge in [0.15, 0.2) is 0 Å². The first-order valence-corrected chi connectivity index (χ1v) is 10.6. The number of hydrogen-bond donors (Lipinski definition) is 1. The fourth-order valence-electron chi connectivity index (χ4n) is 4.39. The van der Waals surface area contributed by atoms with E-state index in [1.165, 1.54) is 0 Å². The van der Waals surface area contributed by atoms with Gasteiger partial charge in [0.2, 0.25) is 0 Å². The normalized spacial score (nSPS) is 17.6. The molecule has 4 rings (SSSR count). The number of nitrogens with zero attached hydrogens (tertiary/aromatic N) is 3. The van der Waals surface area contributed by atoms with Crippen molar-refractivity contribution in [1.29, 1.82) is 5.26 Å². The van der Waals surface area contributed by atoms with Gasteiger partial charge in [-0.05, 0) is 39.9 Å². The Morgan fingerprint density at radius 3 is 2.17 bits per heavy atom. The molecule has 6 heteroatoms. The third-order valence-corrected chi connectivity index (χ3v) is 6.75. The topological polar surface area (TPSA) is 64.8 Å². The van der Waals surface area contributed by atoms with Gasteiger partial charge in [-0.1, -0.05) is 60.7 Å². The Labute approximate surface area is 178 Å². The summed E-state index contributed by atoms with van der Waals surface area (Å²) in [5, 5.41) is 12.9. The predicted molar refractivity (Wildman–Crippen MR) is 117 cm³/mol. The number of aromatic nitrogens is 2. The molecule has 1 aliphatic rings. The monoisotopic (exact) mass is 450 g/mol. The van der Waals surface area contributed by atoms with Crippen molar-refractivity contribution in [2.75, 3.05) is 13.1 Å². The second-order valence-corrected chi connectivity index (χ2v) is 8.40. The summed E-state index contributed by atoms with van der Waals surface area (Å²) in [7, 11) is 1.87. The van der Waals surface area contributed by atoms with Crippen LogP contribution in [0.4, 0.5) is 0 Å². The van der Waals surface area contributed by atoms with Crippen molar-refractivity contribution in [3.05, 3.63) is 92.3 Å². The molecule has 0 spiro atoms. The first-order valence-electron chi connectivity index (χ1n) is 9.76. The number of likely N-dealkylation sites (tertiary alicyclic amines) is 1. The van der Waals surface area contributed by atoms with E-state index in [1.807, 2.05) is 43.4 Å². The molecule has 0 radical (unpaired) electrons. The highest BCUT2D eigenvalue weighted by molar-refractivity contribution is 9.10. The minimum atomic E-state index is -0.458. The van der Waals surface area contributed by atoms with E-state index in [4.69, 9.17) is 0 Å². The van der Waals surface area contributed by atoms with Crippen LogP contribution in [0.5, 0.6) is 0 Å². The number of H-pyrrole nitrogens is 1. The zero-order valence-electron chi connectivity index (χ0n) is 16.3. The molecule has 1 saturated heterocycles. The number of hydrogen-bond acceptors (Lipinski definition) is 3. The van der Waals surface area contributed by atoms with Crippen LogP contribution in [0.15, 0.2) is 69.9 Å². The van der Waals surface area contributed by atoms with Crippen molar-refractivity contribution in [2.24, 2.45) is 7.05 Å². The summed E-state index contributed by atoms with van der Waals surface area (Å²) in [4.78, 5) is 14.6. The predicted octanol–water partition coefficient (Wildman–Crippen LogP) is 4.12. The van der Waals surface area contributed by atoms with E-state index in [0.717, 1.165) is 42.8 Å². The quantitative estimate of drug-likeness (QED) is 0.649. The number of halogens is 1. The molecule has 29 heavy (non-hydrogen) atoms. The summed E-state index contributed by atoms with van der Waals surface area (Å²) in [6.07, 6.45) is 1.51. The first kappa shape index (κ1) is 19.7. The Balaban J connectivity index is 1.69. The number of rotatable bonds is 4. The maximum Gasteiger partial charge on any atom is 0.278 e. The van der Waals surface area contributed by atoms with Gasteiger partial charge in [-0.2, -0.15) is 5.26 Å². The lowest BCUT2D eigenvalue weighted by Gasteiger charge is -2.41. The summed E-state index contributed by atoms with van der Waals surface area (Å²) in [5.41, 5.74) is 2.54. The lowest BCUT2D eigenvalue weighted by molar-refractivity contribution is 0.148. The van der Waals surface area contributed by atoms with Crippen LogP contribution in [0.1, 0.15) is 35.7 Å². The Hall–Kier alpha value is -2.62. The van der Waals surface area contributed by atoms with Crippen LogP contribution in [-0.4, -0.2) is 27.8 Å².